The van der Waals surface area contributed by atoms with Gasteiger partial charge in [0.15, 0.2) is 0 Å². The molecule has 6 nitrogen and oxygen atoms in total. The molecule has 6 atom stereocenters. The Balaban J connectivity index is 5.05. The Morgan fingerprint density at radius 2 is 0.939 bits per heavy atom. The molecule has 0 saturated heterocycles. The summed E-state index contributed by atoms with van der Waals surface area (Å²) in [4.78, 5) is 0. The summed E-state index contributed by atoms with van der Waals surface area (Å²) in [5.41, 5.74) is 0. The van der Waals surface area contributed by atoms with Crippen molar-refractivity contribution in [3.8, 4) is 0 Å². The van der Waals surface area contributed by atoms with E-state index in [0.717, 1.165) is 44.9 Å². The van der Waals surface area contributed by atoms with Crippen LogP contribution in [0.15, 0.2) is 0 Å². The molecule has 0 radical (unpaired) electrons. The van der Waals surface area contributed by atoms with Gasteiger partial charge in [0.25, 0.3) is 0 Å². The van der Waals surface area contributed by atoms with E-state index in [1.165, 1.54) is 72.3 Å². The molecular weight excluding hydrogens is 541 g/mol. The molecule has 200 valence electrons. The third kappa shape index (κ3) is 17.1. The van der Waals surface area contributed by atoms with E-state index in [4.69, 9.17) is 25.1 Å². The molecule has 0 aromatic heterocycles. The highest BCUT2D eigenvalue weighted by atomic mass is 32.2. The van der Waals surface area contributed by atoms with Crippen molar-refractivity contribution in [1.29, 1.82) is 0 Å². The second-order valence-electron chi connectivity index (χ2n) is 7.32. The number of hydrogen-bond donors (Lipinski definition) is 0. The van der Waals surface area contributed by atoms with Gasteiger partial charge in [-0.15, -0.1) is 0 Å². The standard InChI is InChI=1S/C21H44O6S6/c1-9-17(23-29-4)15-21(27-33-8)19(25-31-6)12-10-11-18(24-30-5)20(26-32-7)14-13-16(2)22-28-3/h16-21H,9-15H2,1-8H3. The Labute approximate surface area is 229 Å². The molecule has 0 rings (SSSR count). The van der Waals surface area contributed by atoms with Crippen LogP contribution in [0.2, 0.25) is 0 Å². The SMILES string of the molecule is CCC(CC(OSC)C(CCCC(OSC)C(CCC(C)OSC)OSC)OSC)OSC. The van der Waals surface area contributed by atoms with Crippen LogP contribution in [0.1, 0.15) is 58.8 Å². The average molecular weight is 585 g/mol. The van der Waals surface area contributed by atoms with Crippen molar-refractivity contribution < 1.29 is 25.1 Å². The predicted octanol–water partition coefficient (Wildman–Crippen LogP) is 7.74. The highest BCUT2D eigenvalue weighted by Gasteiger charge is 2.29. The zero-order valence-electron chi connectivity index (χ0n) is 21.3. The zero-order chi connectivity index (χ0) is 24.9. The molecule has 0 bridgehead atoms. The summed E-state index contributed by atoms with van der Waals surface area (Å²) in [6.07, 6.45) is 18.3. The highest BCUT2D eigenvalue weighted by molar-refractivity contribution is 7.94. The van der Waals surface area contributed by atoms with Crippen LogP contribution in [0.3, 0.4) is 0 Å². The molecule has 33 heavy (non-hydrogen) atoms. The van der Waals surface area contributed by atoms with Gasteiger partial charge in [-0.25, -0.2) is 0 Å². The minimum Gasteiger partial charge on any atom is -0.313 e. The van der Waals surface area contributed by atoms with Crippen molar-refractivity contribution in [3.63, 3.8) is 0 Å². The van der Waals surface area contributed by atoms with Gasteiger partial charge in [0.05, 0.1) is 30.5 Å². The lowest BCUT2D eigenvalue weighted by Gasteiger charge is -2.29. The molecule has 0 saturated carbocycles. The molecule has 0 heterocycles. The summed E-state index contributed by atoms with van der Waals surface area (Å²) < 4.78 is 35.5. The molecule has 0 amide bonds. The van der Waals surface area contributed by atoms with E-state index in [1.807, 2.05) is 37.5 Å². The Morgan fingerprint density at radius 3 is 1.39 bits per heavy atom. The smallest absolute Gasteiger partial charge is 0.102 e. The molecule has 0 spiro atoms. The van der Waals surface area contributed by atoms with Crippen LogP contribution in [0.25, 0.3) is 0 Å². The van der Waals surface area contributed by atoms with Gasteiger partial charge < -0.3 is 25.1 Å². The van der Waals surface area contributed by atoms with Gasteiger partial charge in [0.2, 0.25) is 0 Å². The average Bonchev–Trinajstić information content (AvgIpc) is 2.80. The maximum absolute atomic E-state index is 6.05. The Kier molecular flexibility index (Phi) is 25.6. The maximum Gasteiger partial charge on any atom is 0.102 e. The largest absolute Gasteiger partial charge is 0.313 e. The second-order valence-corrected chi connectivity index (χ2v) is 10.5. The van der Waals surface area contributed by atoms with Crippen LogP contribution in [0.5, 0.6) is 0 Å². The fourth-order valence-corrected chi connectivity index (χ4v) is 6.20. The third-order valence-corrected chi connectivity index (χ3v) is 7.73. The second kappa shape index (κ2) is 24.2. The van der Waals surface area contributed by atoms with Crippen molar-refractivity contribution in [2.45, 2.75) is 95.4 Å². The normalized spacial score (nSPS) is 17.5. The summed E-state index contributed by atoms with van der Waals surface area (Å²) in [7, 11) is 0. The van der Waals surface area contributed by atoms with Crippen LogP contribution < -0.4 is 0 Å². The van der Waals surface area contributed by atoms with Crippen molar-refractivity contribution in [1.82, 2.24) is 0 Å². The topological polar surface area (TPSA) is 55.4 Å². The summed E-state index contributed by atoms with van der Waals surface area (Å²) in [6, 6.07) is 0. The van der Waals surface area contributed by atoms with Crippen LogP contribution in [-0.4, -0.2) is 74.2 Å². The van der Waals surface area contributed by atoms with Crippen molar-refractivity contribution in [2.24, 2.45) is 0 Å². The number of hydrogen-bond acceptors (Lipinski definition) is 12. The quantitative estimate of drug-likeness (QED) is 0.104. The van der Waals surface area contributed by atoms with Gasteiger partial charge in [-0.3, -0.25) is 0 Å². The van der Waals surface area contributed by atoms with E-state index in [9.17, 15) is 0 Å². The first-order valence-electron chi connectivity index (χ1n) is 11.2. The fraction of sp³-hybridized carbons (Fsp3) is 1.00. The van der Waals surface area contributed by atoms with Crippen LogP contribution >= 0.6 is 72.3 Å². The summed E-state index contributed by atoms with van der Waals surface area (Å²) >= 11 is 8.41. The lowest BCUT2D eigenvalue weighted by atomic mass is 9.97. The van der Waals surface area contributed by atoms with Crippen molar-refractivity contribution in [3.05, 3.63) is 0 Å². The minimum atomic E-state index is -0.0349. The molecular formula is C21H44O6S6. The van der Waals surface area contributed by atoms with Gasteiger partial charge in [-0.05, 0) is 118 Å². The molecule has 0 fully saturated rings. The third-order valence-electron chi connectivity index (χ3n) is 4.99. The monoisotopic (exact) mass is 584 g/mol. The van der Waals surface area contributed by atoms with E-state index < -0.39 is 0 Å². The molecule has 6 unspecified atom stereocenters. The van der Waals surface area contributed by atoms with E-state index in [2.05, 4.69) is 13.8 Å². The lowest BCUT2D eigenvalue weighted by molar-refractivity contribution is 0.0346. The molecule has 0 aliphatic carbocycles. The van der Waals surface area contributed by atoms with Gasteiger partial charge in [0.1, 0.15) is 6.10 Å². The van der Waals surface area contributed by atoms with Crippen molar-refractivity contribution in [2.75, 3.05) is 37.5 Å². The maximum atomic E-state index is 6.05. The minimum absolute atomic E-state index is 0.00647. The van der Waals surface area contributed by atoms with E-state index in [-0.39, 0.29) is 36.6 Å². The molecule has 12 heteroatoms. The molecule has 0 aliphatic rings. The summed E-state index contributed by atoms with van der Waals surface area (Å²) in [6.45, 7) is 4.24. The van der Waals surface area contributed by atoms with E-state index >= 15 is 0 Å². The van der Waals surface area contributed by atoms with Crippen molar-refractivity contribution >= 4 is 72.3 Å². The summed E-state index contributed by atoms with van der Waals surface area (Å²) in [5, 5.41) is 0. The molecule has 0 aliphatic heterocycles. The zero-order valence-corrected chi connectivity index (χ0v) is 26.2. The van der Waals surface area contributed by atoms with Gasteiger partial charge in [-0.1, -0.05) is 6.92 Å². The first-order valence-corrected chi connectivity index (χ1v) is 18.1. The Bertz CT molecular complexity index is 429. The first-order chi connectivity index (χ1) is 16.0. The molecule has 0 aromatic rings. The molecule has 0 N–H and O–H groups in total. The number of rotatable bonds is 24. The van der Waals surface area contributed by atoms with Gasteiger partial charge in [0, 0.05) is 44.0 Å². The summed E-state index contributed by atoms with van der Waals surface area (Å²) in [5.74, 6) is 0. The van der Waals surface area contributed by atoms with Crippen LogP contribution in [0.4, 0.5) is 0 Å². The van der Waals surface area contributed by atoms with Crippen LogP contribution in [-0.2, 0) is 25.1 Å². The first kappa shape index (κ1) is 34.9. The predicted molar refractivity (Wildman–Crippen MR) is 154 cm³/mol. The Hall–Kier alpha value is 1.86. The highest BCUT2D eigenvalue weighted by Crippen LogP contribution is 2.29. The van der Waals surface area contributed by atoms with E-state index in [0.29, 0.717) is 0 Å². The van der Waals surface area contributed by atoms with Gasteiger partial charge >= 0.3 is 0 Å². The van der Waals surface area contributed by atoms with E-state index in [1.54, 1.807) is 0 Å². The lowest BCUT2D eigenvalue weighted by Crippen LogP contribution is -2.34. The fourth-order valence-electron chi connectivity index (χ4n) is 3.44. The molecule has 0 aromatic carbocycles. The van der Waals surface area contributed by atoms with Crippen LogP contribution in [0, 0.1) is 0 Å². The Morgan fingerprint density at radius 1 is 0.515 bits per heavy atom. The van der Waals surface area contributed by atoms with Gasteiger partial charge in [-0.2, -0.15) is 0 Å².